The lowest BCUT2D eigenvalue weighted by atomic mass is 10.2. The van der Waals surface area contributed by atoms with Crippen LogP contribution in [0.2, 0.25) is 0 Å². The predicted molar refractivity (Wildman–Crippen MR) is 76.9 cm³/mol. The lowest BCUT2D eigenvalue weighted by Crippen LogP contribution is -2.25. The van der Waals surface area contributed by atoms with Crippen LogP contribution in [0.1, 0.15) is 5.69 Å². The molecule has 2 heterocycles. The first-order chi connectivity index (χ1) is 9.06. The molecule has 0 amide bonds. The maximum atomic E-state index is 5.51. The average Bonchev–Trinajstić information content (AvgIpc) is 2.39. The number of ether oxygens (including phenoxy) is 1. The third-order valence-corrected chi connectivity index (χ3v) is 2.77. The molecular weight excluding hydrogens is 260 g/mol. The largest absolute Gasteiger partial charge is 0.413 e. The Morgan fingerprint density at radius 2 is 1.89 bits per heavy atom. The van der Waals surface area contributed by atoms with Crippen molar-refractivity contribution in [2.24, 2.45) is 0 Å². The molecule has 98 valence electrons. The first-order valence-corrected chi connectivity index (χ1v) is 6.12. The summed E-state index contributed by atoms with van der Waals surface area (Å²) in [6.07, 6.45) is 3.40. The van der Waals surface area contributed by atoms with Gasteiger partial charge < -0.3 is 9.64 Å². The normalized spacial score (nSPS) is 10.1. The molecule has 0 aromatic carbocycles. The third-order valence-electron chi connectivity index (χ3n) is 2.33. The van der Waals surface area contributed by atoms with Gasteiger partial charge in [0.1, 0.15) is 0 Å². The van der Waals surface area contributed by atoms with Gasteiger partial charge >= 0.3 is 0 Å². The fourth-order valence-corrected chi connectivity index (χ4v) is 1.49. The topological polar surface area (TPSA) is 51.1 Å². The second-order valence-corrected chi connectivity index (χ2v) is 4.52. The molecule has 5 nitrogen and oxygen atoms in total. The quantitative estimate of drug-likeness (QED) is 0.781. The van der Waals surface area contributed by atoms with Gasteiger partial charge in [0.2, 0.25) is 5.88 Å². The second-order valence-electron chi connectivity index (χ2n) is 4.17. The van der Waals surface area contributed by atoms with Gasteiger partial charge in [-0.1, -0.05) is 0 Å². The number of thiocarbonyl (C=S) groups is 1. The molecule has 0 radical (unpaired) electrons. The number of hydrogen-bond donors (Lipinski definition) is 0. The van der Waals surface area contributed by atoms with Gasteiger partial charge in [0.15, 0.2) is 5.82 Å². The van der Waals surface area contributed by atoms with E-state index in [0.717, 1.165) is 11.3 Å². The fourth-order valence-electron chi connectivity index (χ4n) is 1.40. The Balaban J connectivity index is 2.33. The Bertz CT molecular complexity index is 586. The average molecular weight is 274 g/mol. The van der Waals surface area contributed by atoms with Gasteiger partial charge in [-0.2, -0.15) is 4.98 Å². The second kappa shape index (κ2) is 5.71. The zero-order valence-electron chi connectivity index (χ0n) is 11.0. The van der Waals surface area contributed by atoms with E-state index in [1.807, 2.05) is 33.2 Å². The lowest BCUT2D eigenvalue weighted by molar-refractivity contribution is 0.436. The van der Waals surface area contributed by atoms with E-state index in [4.69, 9.17) is 17.0 Å². The molecule has 6 heteroatoms. The van der Waals surface area contributed by atoms with E-state index >= 15 is 0 Å². The maximum absolute atomic E-state index is 5.51. The van der Waals surface area contributed by atoms with Crippen molar-refractivity contribution in [1.29, 1.82) is 0 Å². The highest BCUT2D eigenvalue weighted by atomic mass is 32.1. The molecule has 2 aromatic heterocycles. The van der Waals surface area contributed by atoms with Crippen LogP contribution in [0, 0.1) is 6.92 Å². The molecule has 0 bridgehead atoms. The van der Waals surface area contributed by atoms with Gasteiger partial charge in [-0.05, 0) is 31.3 Å². The Hall–Kier alpha value is -2.08. The molecule has 0 aliphatic carbocycles. The third kappa shape index (κ3) is 3.45. The van der Waals surface area contributed by atoms with Gasteiger partial charge in [0, 0.05) is 43.8 Å². The first-order valence-electron chi connectivity index (χ1n) is 5.71. The van der Waals surface area contributed by atoms with Crippen molar-refractivity contribution in [1.82, 2.24) is 19.9 Å². The Morgan fingerprint density at radius 3 is 2.53 bits per heavy atom. The molecule has 0 aliphatic rings. The molecule has 0 spiro atoms. The Morgan fingerprint density at radius 1 is 1.21 bits per heavy atom. The van der Waals surface area contributed by atoms with Gasteiger partial charge in [-0.3, -0.25) is 4.98 Å². The van der Waals surface area contributed by atoms with Crippen LogP contribution in [0.4, 0.5) is 0 Å². The summed E-state index contributed by atoms with van der Waals surface area (Å²) in [6.45, 7) is 1.89. The van der Waals surface area contributed by atoms with Crippen LogP contribution in [-0.4, -0.2) is 39.1 Å². The number of hydrogen-bond acceptors (Lipinski definition) is 5. The molecule has 2 rings (SSSR count). The lowest BCUT2D eigenvalue weighted by Gasteiger charge is -2.14. The Kier molecular flexibility index (Phi) is 4.01. The summed E-state index contributed by atoms with van der Waals surface area (Å²) in [7, 11) is 3.64. The standard InChI is InChI=1S/C13H14N4OS/c1-9-8-11(18-13(19)17(2)3)16-12(15-9)10-4-6-14-7-5-10/h4-8H,1-3H3. The minimum atomic E-state index is 0.360. The smallest absolute Gasteiger partial charge is 0.265 e. The fraction of sp³-hybridized carbons (Fsp3) is 0.231. The van der Waals surface area contributed by atoms with E-state index in [1.165, 1.54) is 0 Å². The summed E-state index contributed by atoms with van der Waals surface area (Å²) in [5.74, 6) is 1.04. The van der Waals surface area contributed by atoms with E-state index in [2.05, 4.69) is 15.0 Å². The van der Waals surface area contributed by atoms with Crippen molar-refractivity contribution in [2.75, 3.05) is 14.1 Å². The molecule has 2 aromatic rings. The Labute approximate surface area is 117 Å². The molecule has 0 aliphatic heterocycles. The first kappa shape index (κ1) is 13.4. The zero-order valence-corrected chi connectivity index (χ0v) is 11.8. The van der Waals surface area contributed by atoms with Gasteiger partial charge in [-0.25, -0.2) is 4.98 Å². The summed E-state index contributed by atoms with van der Waals surface area (Å²) in [6, 6.07) is 5.45. The van der Waals surface area contributed by atoms with Crippen LogP contribution in [0.15, 0.2) is 30.6 Å². The summed E-state index contributed by atoms with van der Waals surface area (Å²) < 4.78 is 5.51. The van der Waals surface area contributed by atoms with Crippen molar-refractivity contribution in [3.63, 3.8) is 0 Å². The number of nitrogens with zero attached hydrogens (tertiary/aromatic N) is 4. The minimum absolute atomic E-state index is 0.360. The van der Waals surface area contributed by atoms with Crippen molar-refractivity contribution < 1.29 is 4.74 Å². The molecule has 0 saturated carbocycles. The number of aromatic nitrogens is 3. The van der Waals surface area contributed by atoms with E-state index in [0.29, 0.717) is 16.9 Å². The number of aryl methyl sites for hydroxylation is 1. The van der Waals surface area contributed by atoms with E-state index < -0.39 is 0 Å². The van der Waals surface area contributed by atoms with Crippen LogP contribution in [0.25, 0.3) is 11.4 Å². The van der Waals surface area contributed by atoms with Gasteiger partial charge in [-0.15, -0.1) is 0 Å². The van der Waals surface area contributed by atoms with Crippen LogP contribution >= 0.6 is 12.2 Å². The van der Waals surface area contributed by atoms with Crippen LogP contribution in [0.5, 0.6) is 5.88 Å². The molecule has 19 heavy (non-hydrogen) atoms. The van der Waals surface area contributed by atoms with Crippen LogP contribution in [-0.2, 0) is 0 Å². The van der Waals surface area contributed by atoms with Crippen LogP contribution in [0.3, 0.4) is 0 Å². The highest BCUT2D eigenvalue weighted by Gasteiger charge is 2.08. The molecule has 0 fully saturated rings. The van der Waals surface area contributed by atoms with Gasteiger partial charge in [0.05, 0.1) is 0 Å². The minimum Gasteiger partial charge on any atom is -0.413 e. The van der Waals surface area contributed by atoms with Crippen LogP contribution < -0.4 is 4.74 Å². The van der Waals surface area contributed by atoms with Crippen molar-refractivity contribution in [2.45, 2.75) is 6.92 Å². The molecule has 0 atom stereocenters. The summed E-state index contributed by atoms with van der Waals surface area (Å²) in [5, 5.41) is 0.360. The predicted octanol–water partition coefficient (Wildman–Crippen LogP) is 2.07. The van der Waals surface area contributed by atoms with E-state index in [9.17, 15) is 0 Å². The molecular formula is C13H14N4OS. The van der Waals surface area contributed by atoms with E-state index in [-0.39, 0.29) is 0 Å². The van der Waals surface area contributed by atoms with E-state index in [1.54, 1.807) is 23.4 Å². The molecule has 0 N–H and O–H groups in total. The van der Waals surface area contributed by atoms with Crippen molar-refractivity contribution >= 4 is 17.4 Å². The zero-order chi connectivity index (χ0) is 13.8. The highest BCUT2D eigenvalue weighted by Crippen LogP contribution is 2.18. The SMILES string of the molecule is Cc1cc(OC(=S)N(C)C)nc(-c2ccncc2)n1. The van der Waals surface area contributed by atoms with Crippen molar-refractivity contribution in [3.05, 3.63) is 36.3 Å². The molecule has 0 saturated heterocycles. The van der Waals surface area contributed by atoms with Crippen molar-refractivity contribution in [3.8, 4) is 17.3 Å². The van der Waals surface area contributed by atoms with Gasteiger partial charge in [0.25, 0.3) is 5.17 Å². The summed E-state index contributed by atoms with van der Waals surface area (Å²) in [5.41, 5.74) is 1.71. The summed E-state index contributed by atoms with van der Waals surface area (Å²) >= 11 is 5.10. The monoisotopic (exact) mass is 274 g/mol. The maximum Gasteiger partial charge on any atom is 0.265 e. The molecule has 0 unspecified atom stereocenters. The summed E-state index contributed by atoms with van der Waals surface area (Å²) in [4.78, 5) is 14.4. The number of pyridine rings is 1. The number of rotatable bonds is 2. The highest BCUT2D eigenvalue weighted by molar-refractivity contribution is 7.80.